The average molecular weight is 364 g/mol. The second-order valence-electron chi connectivity index (χ2n) is 6.23. The van der Waals surface area contributed by atoms with Gasteiger partial charge in [-0.05, 0) is 37.1 Å². The standard InChI is InChI=1S/C18H25FN4O3/c1-2-8-20-18(26)21-16(24)13-22-9-3-10-23(12-11-22)17(25)14-4-6-15(19)7-5-14/h4-7H,2-3,8-13H2,1H3,(H2,20,21,24,26). The highest BCUT2D eigenvalue weighted by atomic mass is 19.1. The molecule has 1 aromatic carbocycles. The van der Waals surface area contributed by atoms with E-state index >= 15 is 0 Å². The lowest BCUT2D eigenvalue weighted by atomic mass is 10.2. The minimum atomic E-state index is -0.486. The van der Waals surface area contributed by atoms with Crippen LogP contribution < -0.4 is 10.6 Å². The van der Waals surface area contributed by atoms with Crippen molar-refractivity contribution in [3.05, 3.63) is 35.6 Å². The fraction of sp³-hybridized carbons (Fsp3) is 0.500. The highest BCUT2D eigenvalue weighted by Gasteiger charge is 2.21. The molecule has 142 valence electrons. The average Bonchev–Trinajstić information content (AvgIpc) is 2.85. The number of halogens is 1. The molecule has 1 fully saturated rings. The fourth-order valence-corrected chi connectivity index (χ4v) is 2.76. The monoisotopic (exact) mass is 364 g/mol. The van der Waals surface area contributed by atoms with Gasteiger partial charge in [0, 0.05) is 38.3 Å². The smallest absolute Gasteiger partial charge is 0.321 e. The number of imide groups is 1. The van der Waals surface area contributed by atoms with Gasteiger partial charge in [0.1, 0.15) is 5.82 Å². The maximum Gasteiger partial charge on any atom is 0.321 e. The third-order valence-electron chi connectivity index (χ3n) is 4.12. The van der Waals surface area contributed by atoms with E-state index in [0.717, 1.165) is 12.8 Å². The van der Waals surface area contributed by atoms with E-state index in [1.807, 2.05) is 11.8 Å². The van der Waals surface area contributed by atoms with Gasteiger partial charge < -0.3 is 10.2 Å². The van der Waals surface area contributed by atoms with Gasteiger partial charge in [0.25, 0.3) is 5.91 Å². The van der Waals surface area contributed by atoms with Crippen LogP contribution in [0.3, 0.4) is 0 Å². The Kier molecular flexibility index (Phi) is 7.53. The lowest BCUT2D eigenvalue weighted by Crippen LogP contribution is -2.45. The van der Waals surface area contributed by atoms with Crippen molar-refractivity contribution in [2.24, 2.45) is 0 Å². The SMILES string of the molecule is CCCNC(=O)NC(=O)CN1CCCN(C(=O)c2ccc(F)cc2)CC1. The van der Waals surface area contributed by atoms with Crippen LogP contribution in [-0.2, 0) is 4.79 Å². The van der Waals surface area contributed by atoms with Crippen molar-refractivity contribution in [1.29, 1.82) is 0 Å². The van der Waals surface area contributed by atoms with E-state index in [-0.39, 0.29) is 24.2 Å². The van der Waals surface area contributed by atoms with Crippen molar-refractivity contribution in [3.63, 3.8) is 0 Å². The highest BCUT2D eigenvalue weighted by Crippen LogP contribution is 2.10. The number of amides is 4. The second-order valence-corrected chi connectivity index (χ2v) is 6.23. The molecule has 0 unspecified atom stereocenters. The number of nitrogens with zero attached hydrogens (tertiary/aromatic N) is 2. The number of carbonyl (C=O) groups is 3. The van der Waals surface area contributed by atoms with E-state index in [2.05, 4.69) is 10.6 Å². The van der Waals surface area contributed by atoms with Crippen LogP contribution in [-0.4, -0.2) is 66.9 Å². The Bertz CT molecular complexity index is 636. The summed E-state index contributed by atoms with van der Waals surface area (Å²) in [5, 5.41) is 4.89. The van der Waals surface area contributed by atoms with Gasteiger partial charge in [0.2, 0.25) is 5.91 Å². The Balaban J connectivity index is 1.82. The molecule has 7 nitrogen and oxygen atoms in total. The minimum absolute atomic E-state index is 0.109. The molecule has 1 heterocycles. The summed E-state index contributed by atoms with van der Waals surface area (Å²) < 4.78 is 13.0. The lowest BCUT2D eigenvalue weighted by molar-refractivity contribution is -0.121. The molecule has 26 heavy (non-hydrogen) atoms. The molecule has 1 aliphatic rings. The van der Waals surface area contributed by atoms with Gasteiger partial charge in [-0.3, -0.25) is 19.8 Å². The number of carbonyl (C=O) groups excluding carboxylic acids is 3. The number of nitrogens with one attached hydrogen (secondary N) is 2. The summed E-state index contributed by atoms with van der Waals surface area (Å²) in [6.45, 7) is 4.81. The molecule has 1 aromatic rings. The zero-order valence-electron chi connectivity index (χ0n) is 15.0. The molecule has 4 amide bonds. The first-order chi connectivity index (χ1) is 12.5. The van der Waals surface area contributed by atoms with Crippen LogP contribution in [0.25, 0.3) is 0 Å². The minimum Gasteiger partial charge on any atom is -0.338 e. The number of hydrogen-bond donors (Lipinski definition) is 2. The topological polar surface area (TPSA) is 81.8 Å². The second kappa shape index (κ2) is 9.86. The Labute approximate surface area is 152 Å². The van der Waals surface area contributed by atoms with Crippen molar-refractivity contribution < 1.29 is 18.8 Å². The quantitative estimate of drug-likeness (QED) is 0.823. The molecule has 0 aromatic heterocycles. The molecule has 8 heteroatoms. The fourth-order valence-electron chi connectivity index (χ4n) is 2.76. The predicted molar refractivity (Wildman–Crippen MR) is 95.2 cm³/mol. The summed E-state index contributed by atoms with van der Waals surface area (Å²) in [6, 6.07) is 5.00. The van der Waals surface area contributed by atoms with Crippen molar-refractivity contribution in [1.82, 2.24) is 20.4 Å². The third kappa shape index (κ3) is 6.11. The number of hydrogen-bond acceptors (Lipinski definition) is 4. The Morgan fingerprint density at radius 1 is 1.08 bits per heavy atom. The Morgan fingerprint density at radius 2 is 1.81 bits per heavy atom. The van der Waals surface area contributed by atoms with E-state index in [0.29, 0.717) is 38.3 Å². The molecule has 1 aliphatic heterocycles. The highest BCUT2D eigenvalue weighted by molar-refractivity contribution is 5.95. The van der Waals surface area contributed by atoms with Gasteiger partial charge in [0.15, 0.2) is 0 Å². The first kappa shape index (κ1) is 19.8. The van der Waals surface area contributed by atoms with Gasteiger partial charge in [0.05, 0.1) is 6.54 Å². The number of urea groups is 1. The molecule has 1 saturated heterocycles. The molecule has 2 N–H and O–H groups in total. The molecule has 0 atom stereocenters. The third-order valence-corrected chi connectivity index (χ3v) is 4.12. The van der Waals surface area contributed by atoms with E-state index in [9.17, 15) is 18.8 Å². The summed E-state index contributed by atoms with van der Waals surface area (Å²) in [5.41, 5.74) is 0.449. The maximum atomic E-state index is 13.0. The van der Waals surface area contributed by atoms with Crippen LogP contribution in [0.1, 0.15) is 30.1 Å². The zero-order valence-corrected chi connectivity index (χ0v) is 15.0. The van der Waals surface area contributed by atoms with Gasteiger partial charge >= 0.3 is 6.03 Å². The summed E-state index contributed by atoms with van der Waals surface area (Å²) in [4.78, 5) is 39.6. The normalized spacial score (nSPS) is 15.2. The van der Waals surface area contributed by atoms with Crippen LogP contribution in [0.4, 0.5) is 9.18 Å². The maximum absolute atomic E-state index is 13.0. The number of benzene rings is 1. The van der Waals surface area contributed by atoms with Crippen LogP contribution in [0.5, 0.6) is 0 Å². The van der Waals surface area contributed by atoms with E-state index in [1.54, 1.807) is 4.90 Å². The summed E-state index contributed by atoms with van der Waals surface area (Å²) in [6.07, 6.45) is 1.52. The summed E-state index contributed by atoms with van der Waals surface area (Å²) in [5.74, 6) is -0.885. The van der Waals surface area contributed by atoms with Gasteiger partial charge in [-0.15, -0.1) is 0 Å². The van der Waals surface area contributed by atoms with E-state index in [1.165, 1.54) is 24.3 Å². The van der Waals surface area contributed by atoms with Gasteiger partial charge in [-0.2, -0.15) is 0 Å². The van der Waals surface area contributed by atoms with Crippen LogP contribution in [0.15, 0.2) is 24.3 Å². The number of rotatable bonds is 5. The summed E-state index contributed by atoms with van der Waals surface area (Å²) >= 11 is 0. The molecule has 0 bridgehead atoms. The van der Waals surface area contributed by atoms with Crippen LogP contribution >= 0.6 is 0 Å². The van der Waals surface area contributed by atoms with Crippen molar-refractivity contribution in [2.75, 3.05) is 39.3 Å². The predicted octanol–water partition coefficient (Wildman–Crippen LogP) is 1.21. The molecular weight excluding hydrogens is 339 g/mol. The molecule has 0 saturated carbocycles. The summed E-state index contributed by atoms with van der Waals surface area (Å²) in [7, 11) is 0. The lowest BCUT2D eigenvalue weighted by Gasteiger charge is -2.21. The first-order valence-corrected chi connectivity index (χ1v) is 8.84. The van der Waals surface area contributed by atoms with E-state index in [4.69, 9.17) is 0 Å². The van der Waals surface area contributed by atoms with Gasteiger partial charge in [-0.1, -0.05) is 6.92 Å². The molecule has 0 spiro atoms. The van der Waals surface area contributed by atoms with Gasteiger partial charge in [-0.25, -0.2) is 9.18 Å². The first-order valence-electron chi connectivity index (χ1n) is 8.84. The van der Waals surface area contributed by atoms with E-state index < -0.39 is 6.03 Å². The van der Waals surface area contributed by atoms with Crippen LogP contribution in [0.2, 0.25) is 0 Å². The molecule has 0 aliphatic carbocycles. The van der Waals surface area contributed by atoms with Crippen LogP contribution in [0, 0.1) is 5.82 Å². The largest absolute Gasteiger partial charge is 0.338 e. The van der Waals surface area contributed by atoms with Crippen molar-refractivity contribution in [3.8, 4) is 0 Å². The van der Waals surface area contributed by atoms with Crippen molar-refractivity contribution >= 4 is 17.8 Å². The zero-order chi connectivity index (χ0) is 18.9. The molecular formula is C18H25FN4O3. The Morgan fingerprint density at radius 3 is 2.50 bits per heavy atom. The van der Waals surface area contributed by atoms with Crippen molar-refractivity contribution in [2.45, 2.75) is 19.8 Å². The molecule has 0 radical (unpaired) electrons. The Hall–Kier alpha value is -2.48. The molecule has 2 rings (SSSR count).